The van der Waals surface area contributed by atoms with Crippen molar-refractivity contribution in [2.75, 3.05) is 6.61 Å². The standard InChI is InChI=1S/C24H20FN3O3S2/c1-2-31-19-6-4-3-5-18(19)24-26-17(14-32-24)13-22(29)27-28-23(30)21-12-11-20(33-21)15-7-9-16(25)10-8-15/h3-12,14H,2,13H2,1H3,(H,27,29)(H,28,30). The van der Waals surface area contributed by atoms with Gasteiger partial charge < -0.3 is 4.74 Å². The molecule has 0 atom stereocenters. The highest BCUT2D eigenvalue weighted by Crippen LogP contribution is 2.32. The van der Waals surface area contributed by atoms with Gasteiger partial charge in [-0.3, -0.25) is 20.4 Å². The molecule has 33 heavy (non-hydrogen) atoms. The molecule has 0 aliphatic carbocycles. The lowest BCUT2D eigenvalue weighted by molar-refractivity contribution is -0.121. The Labute approximate surface area is 198 Å². The number of hydrogen-bond acceptors (Lipinski definition) is 6. The Morgan fingerprint density at radius 3 is 2.61 bits per heavy atom. The van der Waals surface area contributed by atoms with Crippen LogP contribution >= 0.6 is 22.7 Å². The van der Waals surface area contributed by atoms with Gasteiger partial charge in [-0.05, 0) is 48.9 Å². The molecular weight excluding hydrogens is 461 g/mol. The number of amides is 2. The predicted molar refractivity (Wildman–Crippen MR) is 128 cm³/mol. The number of benzene rings is 2. The van der Waals surface area contributed by atoms with Crippen LogP contribution in [-0.2, 0) is 11.2 Å². The van der Waals surface area contributed by atoms with Gasteiger partial charge in [-0.25, -0.2) is 9.37 Å². The Bertz CT molecular complexity index is 1270. The molecule has 0 unspecified atom stereocenters. The van der Waals surface area contributed by atoms with E-state index >= 15 is 0 Å². The van der Waals surface area contributed by atoms with E-state index in [2.05, 4.69) is 15.8 Å². The maximum absolute atomic E-state index is 13.1. The lowest BCUT2D eigenvalue weighted by atomic mass is 10.2. The second-order valence-corrected chi connectivity index (χ2v) is 8.86. The van der Waals surface area contributed by atoms with Gasteiger partial charge in [0.25, 0.3) is 5.91 Å². The summed E-state index contributed by atoms with van der Waals surface area (Å²) in [5.74, 6) is -0.379. The second-order valence-electron chi connectivity index (χ2n) is 6.92. The van der Waals surface area contributed by atoms with E-state index < -0.39 is 5.91 Å². The van der Waals surface area contributed by atoms with Crippen molar-refractivity contribution in [3.8, 4) is 26.8 Å². The van der Waals surface area contributed by atoms with Crippen molar-refractivity contribution in [2.24, 2.45) is 0 Å². The molecule has 0 spiro atoms. The molecule has 2 aromatic carbocycles. The molecule has 4 aromatic rings. The first-order valence-corrected chi connectivity index (χ1v) is 11.8. The molecule has 0 bridgehead atoms. The van der Waals surface area contributed by atoms with Crippen molar-refractivity contribution in [1.82, 2.24) is 15.8 Å². The molecule has 168 valence electrons. The first-order valence-electron chi connectivity index (χ1n) is 10.1. The number of aromatic nitrogens is 1. The zero-order valence-corrected chi connectivity index (χ0v) is 19.3. The zero-order chi connectivity index (χ0) is 23.2. The summed E-state index contributed by atoms with van der Waals surface area (Å²) in [5, 5.41) is 2.58. The fraction of sp³-hybridized carbons (Fsp3) is 0.125. The minimum absolute atomic E-state index is 0.0266. The first kappa shape index (κ1) is 22.6. The summed E-state index contributed by atoms with van der Waals surface area (Å²) >= 11 is 2.68. The number of thiazole rings is 1. The van der Waals surface area contributed by atoms with Crippen molar-refractivity contribution in [1.29, 1.82) is 0 Å². The first-order chi connectivity index (χ1) is 16.0. The number of thiophene rings is 1. The molecule has 0 aliphatic rings. The van der Waals surface area contributed by atoms with E-state index in [1.54, 1.807) is 24.3 Å². The summed E-state index contributed by atoms with van der Waals surface area (Å²) in [4.78, 5) is 30.5. The highest BCUT2D eigenvalue weighted by Gasteiger charge is 2.14. The third-order valence-electron chi connectivity index (χ3n) is 4.58. The average molecular weight is 482 g/mol. The number of carbonyl (C=O) groups is 2. The lowest BCUT2D eigenvalue weighted by Crippen LogP contribution is -2.42. The minimum atomic E-state index is -0.425. The summed E-state index contributed by atoms with van der Waals surface area (Å²) in [6.45, 7) is 2.47. The van der Waals surface area contributed by atoms with Crippen LogP contribution in [0.1, 0.15) is 22.3 Å². The Kier molecular flexibility index (Phi) is 7.11. The number of rotatable bonds is 7. The van der Waals surface area contributed by atoms with Crippen molar-refractivity contribution in [3.05, 3.63) is 82.4 Å². The smallest absolute Gasteiger partial charge is 0.279 e. The van der Waals surface area contributed by atoms with Crippen LogP contribution < -0.4 is 15.6 Å². The maximum Gasteiger partial charge on any atom is 0.279 e. The number of nitrogens with one attached hydrogen (secondary N) is 2. The Morgan fingerprint density at radius 1 is 1.03 bits per heavy atom. The van der Waals surface area contributed by atoms with Gasteiger partial charge in [0.15, 0.2) is 0 Å². The van der Waals surface area contributed by atoms with Gasteiger partial charge >= 0.3 is 0 Å². The number of halogens is 1. The van der Waals surface area contributed by atoms with Crippen LogP contribution in [0, 0.1) is 5.82 Å². The van der Waals surface area contributed by atoms with Crippen LogP contribution in [0.15, 0.2) is 66.0 Å². The van der Waals surface area contributed by atoms with E-state index in [9.17, 15) is 14.0 Å². The highest BCUT2D eigenvalue weighted by molar-refractivity contribution is 7.17. The van der Waals surface area contributed by atoms with Gasteiger partial charge in [0.2, 0.25) is 5.91 Å². The van der Waals surface area contributed by atoms with Crippen LogP contribution in [0.2, 0.25) is 0 Å². The van der Waals surface area contributed by atoms with Crippen LogP contribution in [0.25, 0.3) is 21.0 Å². The van der Waals surface area contributed by atoms with Gasteiger partial charge in [0, 0.05) is 10.3 Å². The predicted octanol–water partition coefficient (Wildman–Crippen LogP) is 5.08. The number of para-hydroxylation sites is 1. The summed E-state index contributed by atoms with van der Waals surface area (Å²) < 4.78 is 18.7. The van der Waals surface area contributed by atoms with Gasteiger partial charge in [0.1, 0.15) is 16.6 Å². The minimum Gasteiger partial charge on any atom is -0.493 e. The normalized spacial score (nSPS) is 10.6. The van der Waals surface area contributed by atoms with E-state index in [-0.39, 0.29) is 18.1 Å². The highest BCUT2D eigenvalue weighted by atomic mass is 32.1. The van der Waals surface area contributed by atoms with Crippen molar-refractivity contribution >= 4 is 34.5 Å². The maximum atomic E-state index is 13.1. The third kappa shape index (κ3) is 5.63. The molecule has 2 aromatic heterocycles. The summed E-state index contributed by atoms with van der Waals surface area (Å²) in [5.41, 5.74) is 7.14. The molecule has 0 radical (unpaired) electrons. The van der Waals surface area contributed by atoms with Crippen LogP contribution in [0.4, 0.5) is 4.39 Å². The van der Waals surface area contributed by atoms with Gasteiger partial charge in [0.05, 0.1) is 29.2 Å². The molecule has 4 rings (SSSR count). The molecule has 9 heteroatoms. The number of hydrazine groups is 1. The molecular formula is C24H20FN3O3S2. The lowest BCUT2D eigenvalue weighted by Gasteiger charge is -2.07. The van der Waals surface area contributed by atoms with Gasteiger partial charge in [-0.1, -0.05) is 24.3 Å². The largest absolute Gasteiger partial charge is 0.493 e. The second kappa shape index (κ2) is 10.4. The molecule has 2 N–H and O–H groups in total. The Morgan fingerprint density at radius 2 is 1.82 bits per heavy atom. The molecule has 0 saturated carbocycles. The molecule has 2 amide bonds. The topological polar surface area (TPSA) is 80.3 Å². The SMILES string of the molecule is CCOc1ccccc1-c1nc(CC(=O)NNC(=O)c2ccc(-c3ccc(F)cc3)s2)cs1. The average Bonchev–Trinajstić information content (AvgIpc) is 3.49. The number of ether oxygens (including phenoxy) is 1. The third-order valence-corrected chi connectivity index (χ3v) is 6.64. The monoisotopic (exact) mass is 481 g/mol. The Hall–Kier alpha value is -3.56. The summed E-state index contributed by atoms with van der Waals surface area (Å²) in [6.07, 6.45) is 0.0266. The number of nitrogens with zero attached hydrogens (tertiary/aromatic N) is 1. The van der Waals surface area contributed by atoms with Crippen molar-refractivity contribution in [2.45, 2.75) is 13.3 Å². The zero-order valence-electron chi connectivity index (χ0n) is 17.6. The van der Waals surface area contributed by atoms with E-state index in [0.717, 1.165) is 26.8 Å². The molecule has 2 heterocycles. The van der Waals surface area contributed by atoms with E-state index in [1.165, 1.54) is 34.8 Å². The fourth-order valence-electron chi connectivity index (χ4n) is 3.06. The number of carbonyl (C=O) groups excluding carboxylic acids is 2. The Balaban J connectivity index is 1.33. The summed E-state index contributed by atoms with van der Waals surface area (Å²) in [6, 6.07) is 17.1. The van der Waals surface area contributed by atoms with E-state index in [4.69, 9.17) is 4.74 Å². The molecule has 6 nitrogen and oxygen atoms in total. The van der Waals surface area contributed by atoms with Crippen molar-refractivity contribution < 1.29 is 18.7 Å². The quantitative estimate of drug-likeness (QED) is 0.361. The van der Waals surface area contributed by atoms with E-state index in [0.29, 0.717) is 17.2 Å². The molecule has 0 fully saturated rings. The molecule has 0 saturated heterocycles. The van der Waals surface area contributed by atoms with E-state index in [1.807, 2.05) is 36.6 Å². The molecule has 0 aliphatic heterocycles. The van der Waals surface area contributed by atoms with Crippen LogP contribution in [0.5, 0.6) is 5.75 Å². The number of hydrogen-bond donors (Lipinski definition) is 2. The van der Waals surface area contributed by atoms with Crippen LogP contribution in [0.3, 0.4) is 0 Å². The van der Waals surface area contributed by atoms with Gasteiger partial charge in [-0.2, -0.15) is 0 Å². The van der Waals surface area contributed by atoms with Crippen molar-refractivity contribution in [3.63, 3.8) is 0 Å². The fourth-order valence-corrected chi connectivity index (χ4v) is 4.82. The summed E-state index contributed by atoms with van der Waals surface area (Å²) in [7, 11) is 0. The van der Waals surface area contributed by atoms with Gasteiger partial charge in [-0.15, -0.1) is 22.7 Å². The van der Waals surface area contributed by atoms with Crippen LogP contribution in [-0.4, -0.2) is 23.4 Å².